The van der Waals surface area contributed by atoms with Crippen molar-refractivity contribution in [1.29, 1.82) is 0 Å². The number of hydrogen-bond acceptors (Lipinski definition) is 4. The van der Waals surface area contributed by atoms with Crippen LogP contribution >= 0.6 is 0 Å². The monoisotopic (exact) mass is 262 g/mol. The van der Waals surface area contributed by atoms with E-state index in [1.807, 2.05) is 6.07 Å². The Bertz CT molecular complexity index is 430. The molecule has 1 aliphatic carbocycles. The summed E-state index contributed by atoms with van der Waals surface area (Å²) in [5, 5.41) is 3.69. The molecule has 0 bridgehead atoms. The Morgan fingerprint density at radius 3 is 2.74 bits per heavy atom. The number of fused-ring (bicyclic) bond motifs is 1. The molecule has 4 heteroatoms. The van der Waals surface area contributed by atoms with Gasteiger partial charge in [0, 0.05) is 18.6 Å². The molecule has 0 aromatic heterocycles. The van der Waals surface area contributed by atoms with Crippen LogP contribution in [0.4, 0.5) is 0 Å². The normalized spacial score (nSPS) is 20.5. The molecule has 19 heavy (non-hydrogen) atoms. The van der Waals surface area contributed by atoms with Crippen LogP contribution in [-0.2, 0) is 0 Å². The van der Waals surface area contributed by atoms with E-state index in [1.165, 1.54) is 37.7 Å². The van der Waals surface area contributed by atoms with Crippen molar-refractivity contribution in [3.63, 3.8) is 0 Å². The first-order valence-electron chi connectivity index (χ1n) is 7.22. The third-order valence-corrected chi connectivity index (χ3v) is 4.08. The maximum atomic E-state index is 5.93. The van der Waals surface area contributed by atoms with E-state index in [2.05, 4.69) is 17.4 Å². The molecular formula is C15H22N2O2. The van der Waals surface area contributed by atoms with E-state index in [-0.39, 0.29) is 6.04 Å². The predicted octanol–water partition coefficient (Wildman–Crippen LogP) is 2.34. The maximum absolute atomic E-state index is 5.93. The van der Waals surface area contributed by atoms with Crippen molar-refractivity contribution >= 4 is 0 Å². The third kappa shape index (κ3) is 2.85. The molecule has 3 N–H and O–H groups in total. The number of ether oxygens (including phenoxy) is 2. The van der Waals surface area contributed by atoms with Crippen LogP contribution in [0.15, 0.2) is 18.2 Å². The largest absolute Gasteiger partial charge is 0.454 e. The van der Waals surface area contributed by atoms with Crippen molar-refractivity contribution in [3.8, 4) is 11.5 Å². The minimum atomic E-state index is 0.206. The van der Waals surface area contributed by atoms with Crippen LogP contribution < -0.4 is 20.5 Å². The van der Waals surface area contributed by atoms with Gasteiger partial charge in [0.1, 0.15) is 0 Å². The molecule has 0 saturated heterocycles. The summed E-state index contributed by atoms with van der Waals surface area (Å²) in [4.78, 5) is 0. The molecule has 104 valence electrons. The SMILES string of the molecule is NCC(NC1CCCCC1)c1ccc2c(c1)OCO2. The van der Waals surface area contributed by atoms with Gasteiger partial charge in [-0.3, -0.25) is 0 Å². The van der Waals surface area contributed by atoms with Crippen molar-refractivity contribution in [2.75, 3.05) is 13.3 Å². The fraction of sp³-hybridized carbons (Fsp3) is 0.600. The van der Waals surface area contributed by atoms with Crippen molar-refractivity contribution < 1.29 is 9.47 Å². The molecule has 3 rings (SSSR count). The highest BCUT2D eigenvalue weighted by Crippen LogP contribution is 2.34. The minimum Gasteiger partial charge on any atom is -0.454 e. The first kappa shape index (κ1) is 12.8. The topological polar surface area (TPSA) is 56.5 Å². The van der Waals surface area contributed by atoms with Crippen LogP contribution in [0.1, 0.15) is 43.7 Å². The number of nitrogens with two attached hydrogens (primary N) is 1. The lowest BCUT2D eigenvalue weighted by molar-refractivity contribution is 0.174. The number of benzene rings is 1. The minimum absolute atomic E-state index is 0.206. The highest BCUT2D eigenvalue weighted by Gasteiger charge is 2.20. The van der Waals surface area contributed by atoms with Gasteiger partial charge in [-0.2, -0.15) is 0 Å². The molecule has 1 aliphatic heterocycles. The zero-order valence-corrected chi connectivity index (χ0v) is 11.2. The van der Waals surface area contributed by atoms with E-state index in [1.54, 1.807) is 0 Å². The molecule has 1 atom stereocenters. The van der Waals surface area contributed by atoms with E-state index in [9.17, 15) is 0 Å². The van der Waals surface area contributed by atoms with Crippen LogP contribution in [-0.4, -0.2) is 19.4 Å². The molecule has 1 aromatic carbocycles. The molecule has 4 nitrogen and oxygen atoms in total. The summed E-state index contributed by atoms with van der Waals surface area (Å²) in [6, 6.07) is 6.92. The Labute approximate surface area is 114 Å². The molecule has 1 fully saturated rings. The average Bonchev–Trinajstić information content (AvgIpc) is 2.93. The second-order valence-corrected chi connectivity index (χ2v) is 5.40. The van der Waals surface area contributed by atoms with Gasteiger partial charge in [-0.15, -0.1) is 0 Å². The summed E-state index contributed by atoms with van der Waals surface area (Å²) in [5.74, 6) is 1.67. The van der Waals surface area contributed by atoms with E-state index < -0.39 is 0 Å². The third-order valence-electron chi connectivity index (χ3n) is 4.08. The summed E-state index contributed by atoms with van der Waals surface area (Å²) >= 11 is 0. The molecule has 0 spiro atoms. The lowest BCUT2D eigenvalue weighted by atomic mass is 9.94. The number of rotatable bonds is 4. The molecule has 2 aliphatic rings. The summed E-state index contributed by atoms with van der Waals surface area (Å²) < 4.78 is 10.8. The Hall–Kier alpha value is -1.26. The highest BCUT2D eigenvalue weighted by molar-refractivity contribution is 5.45. The zero-order valence-electron chi connectivity index (χ0n) is 11.2. The van der Waals surface area contributed by atoms with Gasteiger partial charge in [-0.1, -0.05) is 25.3 Å². The van der Waals surface area contributed by atoms with Gasteiger partial charge in [-0.25, -0.2) is 0 Å². The predicted molar refractivity (Wildman–Crippen MR) is 74.4 cm³/mol. The summed E-state index contributed by atoms with van der Waals surface area (Å²) in [6.45, 7) is 0.929. The number of nitrogens with one attached hydrogen (secondary N) is 1. The van der Waals surface area contributed by atoms with Gasteiger partial charge in [0.25, 0.3) is 0 Å². The summed E-state index contributed by atoms with van der Waals surface area (Å²) in [6.07, 6.45) is 6.56. The Morgan fingerprint density at radius 2 is 1.95 bits per heavy atom. The first-order chi connectivity index (χ1) is 9.36. The Kier molecular flexibility index (Phi) is 3.89. The fourth-order valence-electron chi connectivity index (χ4n) is 2.98. The first-order valence-corrected chi connectivity index (χ1v) is 7.22. The van der Waals surface area contributed by atoms with E-state index >= 15 is 0 Å². The van der Waals surface area contributed by atoms with Crippen molar-refractivity contribution in [2.24, 2.45) is 5.73 Å². The van der Waals surface area contributed by atoms with Crippen molar-refractivity contribution in [3.05, 3.63) is 23.8 Å². The van der Waals surface area contributed by atoms with E-state index in [4.69, 9.17) is 15.2 Å². The van der Waals surface area contributed by atoms with Crippen LogP contribution in [0.5, 0.6) is 11.5 Å². The fourth-order valence-corrected chi connectivity index (χ4v) is 2.98. The quantitative estimate of drug-likeness (QED) is 0.874. The standard InChI is InChI=1S/C15H22N2O2/c16-9-13(17-12-4-2-1-3-5-12)11-6-7-14-15(8-11)19-10-18-14/h6-8,12-13,17H,1-5,9-10,16H2. The summed E-state index contributed by atoms with van der Waals surface area (Å²) in [7, 11) is 0. The molecule has 1 unspecified atom stereocenters. The second-order valence-electron chi connectivity index (χ2n) is 5.40. The van der Waals surface area contributed by atoms with Gasteiger partial charge < -0.3 is 20.5 Å². The van der Waals surface area contributed by atoms with Gasteiger partial charge >= 0.3 is 0 Å². The Balaban J connectivity index is 1.70. The average molecular weight is 262 g/mol. The van der Waals surface area contributed by atoms with Gasteiger partial charge in [0.05, 0.1) is 0 Å². The smallest absolute Gasteiger partial charge is 0.231 e. The van der Waals surface area contributed by atoms with Gasteiger partial charge in [-0.05, 0) is 30.5 Å². The number of hydrogen-bond donors (Lipinski definition) is 2. The molecule has 1 heterocycles. The maximum Gasteiger partial charge on any atom is 0.231 e. The van der Waals surface area contributed by atoms with Gasteiger partial charge in [0.2, 0.25) is 6.79 Å². The lowest BCUT2D eigenvalue weighted by Gasteiger charge is -2.28. The van der Waals surface area contributed by atoms with E-state index in [0.717, 1.165) is 11.5 Å². The molecule has 0 radical (unpaired) electrons. The van der Waals surface area contributed by atoms with Crippen LogP contribution in [0.25, 0.3) is 0 Å². The molecular weight excluding hydrogens is 240 g/mol. The van der Waals surface area contributed by atoms with Crippen LogP contribution in [0.3, 0.4) is 0 Å². The molecule has 1 aromatic rings. The molecule has 1 saturated carbocycles. The van der Waals surface area contributed by atoms with Crippen LogP contribution in [0, 0.1) is 0 Å². The Morgan fingerprint density at radius 1 is 1.16 bits per heavy atom. The van der Waals surface area contributed by atoms with Crippen LogP contribution in [0.2, 0.25) is 0 Å². The van der Waals surface area contributed by atoms with E-state index in [0.29, 0.717) is 19.4 Å². The van der Waals surface area contributed by atoms with Gasteiger partial charge in [0.15, 0.2) is 11.5 Å². The van der Waals surface area contributed by atoms with Crippen molar-refractivity contribution in [2.45, 2.75) is 44.2 Å². The highest BCUT2D eigenvalue weighted by atomic mass is 16.7. The second kappa shape index (κ2) is 5.80. The molecule has 0 amide bonds. The lowest BCUT2D eigenvalue weighted by Crippen LogP contribution is -2.37. The zero-order chi connectivity index (χ0) is 13.1. The summed E-state index contributed by atoms with van der Waals surface area (Å²) in [5.41, 5.74) is 7.12. The van der Waals surface area contributed by atoms with Crippen molar-refractivity contribution in [1.82, 2.24) is 5.32 Å².